The lowest BCUT2D eigenvalue weighted by atomic mass is 9.71. The summed E-state index contributed by atoms with van der Waals surface area (Å²) >= 11 is 1.46. The standard InChI is InChI=1S/C28H31N3O4S/c1-5-34-25(32)22-18(3)30-28(4,31-27-29-21(17-36-27)19-13-9-7-10-14-19)24(26(33)35-6-2)23(22)20-15-11-8-12-16-20/h7-17,23-24,30H,5-6H2,1-4H3,(H,29,31). The molecule has 1 aromatic heterocycles. The van der Waals surface area contributed by atoms with E-state index < -0.39 is 29.4 Å². The lowest BCUT2D eigenvalue weighted by Gasteiger charge is -2.46. The van der Waals surface area contributed by atoms with E-state index in [0.29, 0.717) is 16.4 Å². The molecule has 36 heavy (non-hydrogen) atoms. The number of benzene rings is 2. The maximum absolute atomic E-state index is 13.6. The van der Waals surface area contributed by atoms with E-state index in [1.54, 1.807) is 13.8 Å². The predicted molar refractivity (Wildman–Crippen MR) is 141 cm³/mol. The maximum atomic E-state index is 13.6. The van der Waals surface area contributed by atoms with Crippen LogP contribution < -0.4 is 10.6 Å². The Labute approximate surface area is 215 Å². The van der Waals surface area contributed by atoms with Crippen LogP contribution in [0.3, 0.4) is 0 Å². The number of esters is 2. The van der Waals surface area contributed by atoms with Gasteiger partial charge in [0.2, 0.25) is 0 Å². The van der Waals surface area contributed by atoms with E-state index in [2.05, 4.69) is 10.6 Å². The number of carbonyl (C=O) groups is 2. The molecule has 1 aliphatic rings. The van der Waals surface area contributed by atoms with Gasteiger partial charge >= 0.3 is 11.9 Å². The van der Waals surface area contributed by atoms with Gasteiger partial charge in [0.15, 0.2) is 5.13 Å². The van der Waals surface area contributed by atoms with Crippen LogP contribution in [0.2, 0.25) is 0 Å². The van der Waals surface area contributed by atoms with E-state index >= 15 is 0 Å². The van der Waals surface area contributed by atoms with Gasteiger partial charge in [-0.15, -0.1) is 11.3 Å². The number of aromatic nitrogens is 1. The first-order valence-electron chi connectivity index (χ1n) is 12.0. The van der Waals surface area contributed by atoms with Crippen LogP contribution in [-0.4, -0.2) is 35.8 Å². The molecule has 3 unspecified atom stereocenters. The quantitative estimate of drug-likeness (QED) is 0.399. The van der Waals surface area contributed by atoms with Crippen molar-refractivity contribution < 1.29 is 19.1 Å². The van der Waals surface area contributed by atoms with Crippen LogP contribution in [0.5, 0.6) is 0 Å². The number of allylic oxidation sites excluding steroid dienone is 1. The van der Waals surface area contributed by atoms with Gasteiger partial charge in [-0.2, -0.15) is 0 Å². The van der Waals surface area contributed by atoms with Crippen LogP contribution in [0.1, 0.15) is 39.2 Å². The molecule has 0 saturated carbocycles. The second kappa shape index (κ2) is 11.0. The molecule has 188 valence electrons. The van der Waals surface area contributed by atoms with Crippen LogP contribution in [-0.2, 0) is 19.1 Å². The lowest BCUT2D eigenvalue weighted by Crippen LogP contribution is -2.62. The Bertz CT molecular complexity index is 1240. The Morgan fingerprint density at radius 2 is 1.67 bits per heavy atom. The third-order valence-electron chi connectivity index (χ3n) is 6.25. The molecule has 2 N–H and O–H groups in total. The highest BCUT2D eigenvalue weighted by Crippen LogP contribution is 2.45. The van der Waals surface area contributed by atoms with Crippen molar-refractivity contribution in [3.8, 4) is 11.3 Å². The molecule has 0 bridgehead atoms. The van der Waals surface area contributed by atoms with Gasteiger partial charge in [0.1, 0.15) is 11.6 Å². The average molecular weight is 506 g/mol. The first-order chi connectivity index (χ1) is 17.4. The van der Waals surface area contributed by atoms with Crippen molar-refractivity contribution in [2.24, 2.45) is 5.92 Å². The zero-order chi connectivity index (χ0) is 25.7. The zero-order valence-corrected chi connectivity index (χ0v) is 21.7. The first kappa shape index (κ1) is 25.4. The van der Waals surface area contributed by atoms with Crippen LogP contribution in [0.25, 0.3) is 11.3 Å². The Morgan fingerprint density at radius 3 is 2.31 bits per heavy atom. The molecule has 1 aliphatic heterocycles. The van der Waals surface area contributed by atoms with Crippen LogP contribution in [0.4, 0.5) is 5.13 Å². The number of thiazole rings is 1. The third kappa shape index (κ3) is 5.14. The van der Waals surface area contributed by atoms with Gasteiger partial charge in [-0.25, -0.2) is 9.78 Å². The zero-order valence-electron chi connectivity index (χ0n) is 20.9. The number of rotatable bonds is 8. The average Bonchev–Trinajstić information content (AvgIpc) is 3.32. The fourth-order valence-electron chi connectivity index (χ4n) is 4.78. The summed E-state index contributed by atoms with van der Waals surface area (Å²) in [7, 11) is 0. The molecule has 2 heterocycles. The normalized spacial score (nSPS) is 21.4. The van der Waals surface area contributed by atoms with Crippen molar-refractivity contribution in [2.45, 2.75) is 39.3 Å². The number of hydrogen-bond donors (Lipinski definition) is 2. The predicted octanol–water partition coefficient (Wildman–Crippen LogP) is 5.34. The van der Waals surface area contributed by atoms with Crippen molar-refractivity contribution in [1.29, 1.82) is 0 Å². The second-order valence-corrected chi connectivity index (χ2v) is 9.59. The summed E-state index contributed by atoms with van der Waals surface area (Å²) in [5.41, 5.74) is 2.74. The summed E-state index contributed by atoms with van der Waals surface area (Å²) in [6.45, 7) is 7.73. The molecule has 0 radical (unpaired) electrons. The fraction of sp³-hybridized carbons (Fsp3) is 0.321. The Kier molecular flexibility index (Phi) is 7.74. The summed E-state index contributed by atoms with van der Waals surface area (Å²) in [6, 6.07) is 19.5. The van der Waals surface area contributed by atoms with Gasteiger partial charge in [0.25, 0.3) is 0 Å². The van der Waals surface area contributed by atoms with E-state index in [9.17, 15) is 9.59 Å². The monoisotopic (exact) mass is 505 g/mol. The highest BCUT2D eigenvalue weighted by molar-refractivity contribution is 7.14. The molecule has 7 nitrogen and oxygen atoms in total. The minimum atomic E-state index is -1.00. The third-order valence-corrected chi connectivity index (χ3v) is 7.01. The van der Waals surface area contributed by atoms with E-state index in [1.165, 1.54) is 11.3 Å². The molecule has 0 aliphatic carbocycles. The number of hydrogen-bond acceptors (Lipinski definition) is 8. The molecule has 0 fully saturated rings. The largest absolute Gasteiger partial charge is 0.466 e. The number of nitrogens with zero attached hydrogens (tertiary/aromatic N) is 1. The van der Waals surface area contributed by atoms with Crippen LogP contribution >= 0.6 is 11.3 Å². The first-order valence-corrected chi connectivity index (χ1v) is 12.9. The topological polar surface area (TPSA) is 89.5 Å². The molecular weight excluding hydrogens is 474 g/mol. The summed E-state index contributed by atoms with van der Waals surface area (Å²) in [6.07, 6.45) is 0. The minimum absolute atomic E-state index is 0.222. The molecule has 3 atom stereocenters. The fourth-order valence-corrected chi connectivity index (χ4v) is 5.62. The lowest BCUT2D eigenvalue weighted by molar-refractivity contribution is -0.152. The molecular formula is C28H31N3O4S. The van der Waals surface area contributed by atoms with Crippen molar-refractivity contribution in [3.63, 3.8) is 0 Å². The van der Waals surface area contributed by atoms with E-state index in [0.717, 1.165) is 16.8 Å². The van der Waals surface area contributed by atoms with E-state index in [-0.39, 0.29) is 13.2 Å². The summed E-state index contributed by atoms with van der Waals surface area (Å²) in [4.78, 5) is 31.5. The highest BCUT2D eigenvalue weighted by atomic mass is 32.1. The van der Waals surface area contributed by atoms with Gasteiger partial charge < -0.3 is 20.1 Å². The van der Waals surface area contributed by atoms with E-state index in [4.69, 9.17) is 14.5 Å². The molecule has 4 rings (SSSR count). The minimum Gasteiger partial charge on any atom is -0.466 e. The van der Waals surface area contributed by atoms with Gasteiger partial charge in [-0.3, -0.25) is 4.79 Å². The maximum Gasteiger partial charge on any atom is 0.336 e. The van der Waals surface area contributed by atoms with E-state index in [1.807, 2.05) is 79.9 Å². The van der Waals surface area contributed by atoms with Gasteiger partial charge in [0.05, 0.1) is 24.5 Å². The molecule has 0 saturated heterocycles. The van der Waals surface area contributed by atoms with Gasteiger partial charge in [0, 0.05) is 22.6 Å². The molecule has 8 heteroatoms. The number of anilines is 1. The summed E-state index contributed by atoms with van der Waals surface area (Å²) in [5, 5.41) is 9.50. The Hall–Kier alpha value is -3.65. The van der Waals surface area contributed by atoms with Gasteiger partial charge in [-0.05, 0) is 33.3 Å². The number of ether oxygens (including phenoxy) is 2. The van der Waals surface area contributed by atoms with Crippen molar-refractivity contribution in [3.05, 3.63) is 82.9 Å². The number of carbonyl (C=O) groups excluding carboxylic acids is 2. The van der Waals surface area contributed by atoms with Crippen molar-refractivity contribution in [1.82, 2.24) is 10.3 Å². The summed E-state index contributed by atoms with van der Waals surface area (Å²) in [5.74, 6) is -2.24. The van der Waals surface area contributed by atoms with Gasteiger partial charge in [-0.1, -0.05) is 60.7 Å². The molecule has 0 spiro atoms. The highest BCUT2D eigenvalue weighted by Gasteiger charge is 2.52. The second-order valence-electron chi connectivity index (χ2n) is 8.73. The smallest absolute Gasteiger partial charge is 0.336 e. The summed E-state index contributed by atoms with van der Waals surface area (Å²) < 4.78 is 11.0. The Morgan fingerprint density at radius 1 is 1.03 bits per heavy atom. The van der Waals surface area contributed by atoms with Crippen molar-refractivity contribution >= 4 is 28.4 Å². The Balaban J connectivity index is 1.80. The van der Waals surface area contributed by atoms with Crippen LogP contribution in [0.15, 0.2) is 77.3 Å². The SMILES string of the molecule is CCOC(=O)C1=C(C)NC(C)(Nc2nc(-c3ccccc3)cs2)C(C(=O)OCC)C1c1ccccc1. The van der Waals surface area contributed by atoms with Crippen LogP contribution in [0, 0.1) is 5.92 Å². The molecule has 0 amide bonds. The van der Waals surface area contributed by atoms with Crippen molar-refractivity contribution in [2.75, 3.05) is 18.5 Å². The molecule has 3 aromatic rings. The number of nitrogens with one attached hydrogen (secondary N) is 2. The molecule has 2 aromatic carbocycles.